The highest BCUT2D eigenvalue weighted by Gasteiger charge is 2.61. The Balaban J connectivity index is 1.48. The molecule has 0 N–H and O–H groups in total. The van der Waals surface area contributed by atoms with Crippen molar-refractivity contribution in [2.24, 2.45) is 0 Å². The van der Waals surface area contributed by atoms with Crippen LogP contribution in [0.15, 0.2) is 150 Å². The van der Waals surface area contributed by atoms with Gasteiger partial charge in [0, 0.05) is 6.92 Å². The van der Waals surface area contributed by atoms with E-state index in [1.54, 1.807) is 91.9 Å². The second-order valence-corrected chi connectivity index (χ2v) is 14.2. The third-order valence-electron chi connectivity index (χ3n) is 8.63. The summed E-state index contributed by atoms with van der Waals surface area (Å²) >= 11 is 0. The molecule has 55 heavy (non-hydrogen) atoms. The van der Waals surface area contributed by atoms with Gasteiger partial charge in [0.05, 0.1) is 27.1 Å². The van der Waals surface area contributed by atoms with Crippen molar-refractivity contribution in [2.45, 2.75) is 48.9 Å². The van der Waals surface area contributed by atoms with E-state index in [0.717, 1.165) is 5.56 Å². The Labute approximate surface area is 317 Å². The van der Waals surface area contributed by atoms with Crippen molar-refractivity contribution in [2.75, 3.05) is 6.61 Å². The first-order valence-corrected chi connectivity index (χ1v) is 18.5. The highest BCUT2D eigenvalue weighted by molar-refractivity contribution is 7.86. The highest BCUT2D eigenvalue weighted by Crippen LogP contribution is 2.39. The van der Waals surface area contributed by atoms with Crippen LogP contribution in [-0.2, 0) is 38.0 Å². The quantitative estimate of drug-likeness (QED) is 0.0789. The Kier molecular flexibility index (Phi) is 11.8. The molecule has 282 valence electrons. The fraction of sp³-hybridized carbons (Fsp3) is 0.190. The molecule has 0 saturated carbocycles. The van der Waals surface area contributed by atoms with E-state index in [4.69, 9.17) is 27.9 Å². The van der Waals surface area contributed by atoms with Crippen molar-refractivity contribution in [1.82, 2.24) is 0 Å². The maximum atomic E-state index is 14.1. The lowest BCUT2D eigenvalue weighted by Crippen LogP contribution is -2.68. The molecule has 12 nitrogen and oxygen atoms in total. The van der Waals surface area contributed by atoms with Crippen LogP contribution >= 0.6 is 0 Å². The van der Waals surface area contributed by atoms with Gasteiger partial charge in [-0.15, -0.1) is 0 Å². The lowest BCUT2D eigenvalue weighted by molar-refractivity contribution is -0.332. The zero-order valence-electron chi connectivity index (χ0n) is 29.7. The Hall–Kier alpha value is -6.15. The van der Waals surface area contributed by atoms with Crippen LogP contribution in [0.1, 0.15) is 53.9 Å². The molecule has 5 atom stereocenters. The zero-order chi connectivity index (χ0) is 39.0. The Morgan fingerprint density at radius 2 is 1.02 bits per heavy atom. The first-order chi connectivity index (χ1) is 26.4. The summed E-state index contributed by atoms with van der Waals surface area (Å²) in [5.41, 5.74) is 1.14. The van der Waals surface area contributed by atoms with Gasteiger partial charge >= 0.3 is 23.9 Å². The number of hydrogen-bond donors (Lipinski definition) is 0. The molecule has 0 bridgehead atoms. The van der Waals surface area contributed by atoms with Crippen LogP contribution in [0.2, 0.25) is 0 Å². The van der Waals surface area contributed by atoms with E-state index < -0.39 is 70.8 Å². The van der Waals surface area contributed by atoms with Gasteiger partial charge < -0.3 is 23.7 Å². The smallest absolute Gasteiger partial charge is 0.340 e. The van der Waals surface area contributed by atoms with Gasteiger partial charge in [0.15, 0.2) is 18.3 Å². The number of ether oxygens (including phenoxy) is 5. The molecule has 1 saturated heterocycles. The molecule has 0 aliphatic carbocycles. The number of carbonyl (C=O) groups is 4. The number of aryl methyl sites for hydroxylation is 1. The summed E-state index contributed by atoms with van der Waals surface area (Å²) < 4.78 is 64.0. The molecule has 5 aromatic rings. The molecule has 1 aliphatic heterocycles. The normalized spacial score (nSPS) is 20.8. The van der Waals surface area contributed by atoms with Gasteiger partial charge in [-0.1, -0.05) is 90.5 Å². The molecule has 6 rings (SSSR count). The minimum absolute atomic E-state index is 0.0520. The summed E-state index contributed by atoms with van der Waals surface area (Å²) in [4.78, 5) is 54.1. The number of hydrogen-bond acceptors (Lipinski definition) is 12. The summed E-state index contributed by atoms with van der Waals surface area (Å²) in [7, 11) is -4.76. The predicted octanol–water partition coefficient (Wildman–Crippen LogP) is 6.35. The van der Waals surface area contributed by atoms with Crippen molar-refractivity contribution in [3.63, 3.8) is 0 Å². The number of benzene rings is 5. The van der Waals surface area contributed by atoms with Crippen LogP contribution in [0.5, 0.6) is 0 Å². The summed E-state index contributed by atoms with van der Waals surface area (Å²) in [5, 5.41) is 0. The van der Waals surface area contributed by atoms with Gasteiger partial charge in [0.2, 0.25) is 0 Å². The van der Waals surface area contributed by atoms with Crippen LogP contribution < -0.4 is 0 Å². The molecule has 5 aromatic carbocycles. The van der Waals surface area contributed by atoms with E-state index in [2.05, 4.69) is 0 Å². The van der Waals surface area contributed by atoms with E-state index in [0.29, 0.717) is 0 Å². The maximum absolute atomic E-state index is 14.1. The Morgan fingerprint density at radius 1 is 0.582 bits per heavy atom. The minimum atomic E-state index is -4.76. The number of carbonyl (C=O) groups excluding carboxylic acids is 4. The van der Waals surface area contributed by atoms with Crippen molar-refractivity contribution in [3.8, 4) is 0 Å². The SMILES string of the molecule is Cc1ccc(S(=O)(=O)O[C@H]2[C@H](OC(=O)c3ccccc3)[C@@H](COC(=O)c3ccccc3)O[C@@](C)(OC(=O)c3ccccc3)[C@@H]2OC(=O)c2ccccc2)cc1. The van der Waals surface area contributed by atoms with Gasteiger partial charge in [-0.2, -0.15) is 8.42 Å². The molecule has 0 aromatic heterocycles. The van der Waals surface area contributed by atoms with E-state index in [-0.39, 0.29) is 27.1 Å². The lowest BCUT2D eigenvalue weighted by Gasteiger charge is -2.48. The number of rotatable bonds is 12. The largest absolute Gasteiger partial charge is 0.459 e. The molecule has 0 unspecified atom stereocenters. The average Bonchev–Trinajstić information content (AvgIpc) is 3.20. The van der Waals surface area contributed by atoms with Crippen molar-refractivity contribution >= 4 is 34.0 Å². The van der Waals surface area contributed by atoms with Crippen LogP contribution in [0, 0.1) is 6.92 Å². The second kappa shape index (κ2) is 16.9. The van der Waals surface area contributed by atoms with Gasteiger partial charge in [-0.05, 0) is 67.6 Å². The molecule has 1 aliphatic rings. The fourth-order valence-corrected chi connectivity index (χ4v) is 6.90. The molecule has 0 radical (unpaired) electrons. The Morgan fingerprint density at radius 3 is 1.51 bits per heavy atom. The summed E-state index contributed by atoms with van der Waals surface area (Å²) in [5.74, 6) is -6.00. The monoisotopic (exact) mass is 764 g/mol. The summed E-state index contributed by atoms with van der Waals surface area (Å²) in [6.45, 7) is 2.34. The van der Waals surface area contributed by atoms with Crippen LogP contribution in [0.25, 0.3) is 0 Å². The lowest BCUT2D eigenvalue weighted by atomic mass is 9.92. The third-order valence-corrected chi connectivity index (χ3v) is 9.95. The standard InChI is InChI=1S/C42H36O12S/c1-28-23-25-33(26-24-28)55(47,48)54-36-35(50-39(44)30-17-9-4-10-18-30)34(27-49-38(43)29-15-7-3-8-16-29)52-42(2,53-41(46)32-21-13-6-14-22-32)37(36)51-40(45)31-19-11-5-12-20-31/h3-26,34-37H,27H2,1-2H3/t34-,35-,36+,37-,42+/m1/s1. The highest BCUT2D eigenvalue weighted by atomic mass is 32.2. The van der Waals surface area contributed by atoms with Gasteiger partial charge in [-0.25, -0.2) is 19.2 Å². The first kappa shape index (κ1) is 38.6. The summed E-state index contributed by atoms with van der Waals surface area (Å²) in [6, 6.07) is 37.1. The van der Waals surface area contributed by atoms with Crippen molar-refractivity contribution in [1.29, 1.82) is 0 Å². The number of esters is 4. The molecule has 13 heteroatoms. The van der Waals surface area contributed by atoms with E-state index >= 15 is 0 Å². The van der Waals surface area contributed by atoms with Crippen LogP contribution in [-0.4, -0.2) is 69.1 Å². The van der Waals surface area contributed by atoms with Gasteiger partial charge in [0.25, 0.3) is 15.9 Å². The van der Waals surface area contributed by atoms with E-state index in [9.17, 15) is 27.6 Å². The first-order valence-electron chi connectivity index (χ1n) is 17.1. The molecule has 0 amide bonds. The maximum Gasteiger partial charge on any atom is 0.340 e. The minimum Gasteiger partial charge on any atom is -0.459 e. The van der Waals surface area contributed by atoms with Crippen LogP contribution in [0.3, 0.4) is 0 Å². The molecule has 1 fully saturated rings. The topological polar surface area (TPSA) is 158 Å². The zero-order valence-corrected chi connectivity index (χ0v) is 30.5. The van der Waals surface area contributed by atoms with Crippen molar-refractivity contribution < 1.29 is 55.5 Å². The molecule has 1 heterocycles. The third kappa shape index (κ3) is 9.33. The second-order valence-electron chi connectivity index (χ2n) is 12.6. The molecular formula is C42H36O12S. The van der Waals surface area contributed by atoms with Gasteiger partial charge in [-0.3, -0.25) is 4.18 Å². The molecular weight excluding hydrogens is 729 g/mol. The van der Waals surface area contributed by atoms with Gasteiger partial charge in [0.1, 0.15) is 12.7 Å². The van der Waals surface area contributed by atoms with E-state index in [1.165, 1.54) is 67.6 Å². The van der Waals surface area contributed by atoms with E-state index in [1.807, 2.05) is 0 Å². The predicted molar refractivity (Wildman–Crippen MR) is 196 cm³/mol. The fourth-order valence-electron chi connectivity index (χ4n) is 5.81. The molecule has 0 spiro atoms. The van der Waals surface area contributed by atoms with Crippen molar-refractivity contribution in [3.05, 3.63) is 173 Å². The Bertz CT molecular complexity index is 2210. The average molecular weight is 765 g/mol. The summed E-state index contributed by atoms with van der Waals surface area (Å²) in [6.07, 6.45) is -7.23. The van der Waals surface area contributed by atoms with Crippen LogP contribution in [0.4, 0.5) is 0 Å².